The summed E-state index contributed by atoms with van der Waals surface area (Å²) in [6.07, 6.45) is 2.24. The highest BCUT2D eigenvalue weighted by Crippen LogP contribution is 2.31. The van der Waals surface area contributed by atoms with Crippen LogP contribution in [0.1, 0.15) is 16.8 Å². The van der Waals surface area contributed by atoms with Crippen LogP contribution in [0.4, 0.5) is 5.82 Å². The van der Waals surface area contributed by atoms with Crippen LogP contribution in [0, 0.1) is 0 Å². The number of ether oxygens (including phenoxy) is 2. The molecule has 8 nitrogen and oxygen atoms in total. The standard InChI is InChI=1S/C17H16N4O4/c18-14-13(17(22)23)16(25-9-5-7-24-8-9)21-15(20-14)11-2-1-3-12-10(11)4-6-19-12/h1-4,6,9,19H,5,7-8H2,(H,22,23)(H2,18,20,21). The maximum atomic E-state index is 11.6. The highest BCUT2D eigenvalue weighted by atomic mass is 16.5. The summed E-state index contributed by atoms with van der Waals surface area (Å²) in [7, 11) is 0. The van der Waals surface area contributed by atoms with Crippen molar-refractivity contribution in [3.05, 3.63) is 36.0 Å². The lowest BCUT2D eigenvalue weighted by molar-refractivity contribution is 0.0686. The van der Waals surface area contributed by atoms with Gasteiger partial charge < -0.3 is 25.3 Å². The molecule has 1 unspecified atom stereocenters. The minimum atomic E-state index is -1.22. The van der Waals surface area contributed by atoms with Crippen molar-refractivity contribution in [1.82, 2.24) is 15.0 Å². The van der Waals surface area contributed by atoms with Gasteiger partial charge in [-0.25, -0.2) is 9.78 Å². The van der Waals surface area contributed by atoms with E-state index in [1.165, 1.54) is 0 Å². The number of carbonyl (C=O) groups is 1. The van der Waals surface area contributed by atoms with Crippen LogP contribution in [0.15, 0.2) is 30.5 Å². The van der Waals surface area contributed by atoms with E-state index in [1.807, 2.05) is 30.5 Å². The Kier molecular flexibility index (Phi) is 3.73. The third kappa shape index (κ3) is 2.76. The molecule has 4 N–H and O–H groups in total. The Labute approximate surface area is 142 Å². The second-order valence-electron chi connectivity index (χ2n) is 5.77. The van der Waals surface area contributed by atoms with E-state index >= 15 is 0 Å². The summed E-state index contributed by atoms with van der Waals surface area (Å²) >= 11 is 0. The average Bonchev–Trinajstić information content (AvgIpc) is 3.24. The number of aromatic carboxylic acids is 1. The number of fused-ring (bicyclic) bond motifs is 1. The van der Waals surface area contributed by atoms with Gasteiger partial charge in [-0.15, -0.1) is 0 Å². The molecule has 0 amide bonds. The van der Waals surface area contributed by atoms with E-state index < -0.39 is 5.97 Å². The first-order chi connectivity index (χ1) is 12.1. The molecule has 1 aliphatic heterocycles. The van der Waals surface area contributed by atoms with Crippen LogP contribution in [0.3, 0.4) is 0 Å². The molecule has 25 heavy (non-hydrogen) atoms. The molecule has 3 aromatic rings. The molecule has 1 aromatic carbocycles. The summed E-state index contributed by atoms with van der Waals surface area (Å²) in [5, 5.41) is 10.4. The second-order valence-corrected chi connectivity index (χ2v) is 5.77. The van der Waals surface area contributed by atoms with Gasteiger partial charge in [-0.1, -0.05) is 12.1 Å². The fraction of sp³-hybridized carbons (Fsp3) is 0.235. The molecule has 1 atom stereocenters. The van der Waals surface area contributed by atoms with E-state index in [0.717, 1.165) is 16.5 Å². The van der Waals surface area contributed by atoms with Crippen LogP contribution in [-0.2, 0) is 4.74 Å². The Morgan fingerprint density at radius 1 is 1.36 bits per heavy atom. The summed E-state index contributed by atoms with van der Waals surface area (Å²) in [5.74, 6) is -1.06. The average molecular weight is 340 g/mol. The summed E-state index contributed by atoms with van der Waals surface area (Å²) in [6.45, 7) is 0.967. The zero-order valence-electron chi connectivity index (χ0n) is 13.2. The van der Waals surface area contributed by atoms with E-state index in [1.54, 1.807) is 0 Å². The number of rotatable bonds is 4. The monoisotopic (exact) mass is 340 g/mol. The Bertz CT molecular complexity index is 947. The normalized spacial score (nSPS) is 17.0. The van der Waals surface area contributed by atoms with Crippen LogP contribution >= 0.6 is 0 Å². The number of nitrogens with one attached hydrogen (secondary N) is 1. The molecule has 0 spiro atoms. The van der Waals surface area contributed by atoms with Gasteiger partial charge in [0.2, 0.25) is 5.88 Å². The summed E-state index contributed by atoms with van der Waals surface area (Å²) in [4.78, 5) is 23.2. The Morgan fingerprint density at radius 2 is 2.24 bits per heavy atom. The van der Waals surface area contributed by atoms with E-state index in [-0.39, 0.29) is 23.4 Å². The number of nitrogens with zero attached hydrogens (tertiary/aromatic N) is 2. The third-order valence-electron chi connectivity index (χ3n) is 4.12. The first-order valence-corrected chi connectivity index (χ1v) is 7.85. The Hall–Kier alpha value is -3.13. The molecule has 1 aliphatic rings. The van der Waals surface area contributed by atoms with Gasteiger partial charge in [0, 0.05) is 29.1 Å². The number of anilines is 1. The minimum Gasteiger partial charge on any atom is -0.477 e. The second kappa shape index (κ2) is 6.06. The number of nitrogen functional groups attached to an aromatic ring is 1. The number of benzene rings is 1. The number of hydrogen-bond acceptors (Lipinski definition) is 6. The number of aromatic amines is 1. The molecule has 0 radical (unpaired) electrons. The lowest BCUT2D eigenvalue weighted by Gasteiger charge is -2.15. The third-order valence-corrected chi connectivity index (χ3v) is 4.12. The fourth-order valence-corrected chi connectivity index (χ4v) is 2.91. The van der Waals surface area contributed by atoms with Gasteiger partial charge in [-0.2, -0.15) is 4.98 Å². The van der Waals surface area contributed by atoms with Gasteiger partial charge in [0.25, 0.3) is 0 Å². The number of carboxylic acid groups (broad SMARTS) is 1. The lowest BCUT2D eigenvalue weighted by Crippen LogP contribution is -2.20. The first kappa shape index (κ1) is 15.4. The molecular formula is C17H16N4O4. The van der Waals surface area contributed by atoms with Crippen molar-refractivity contribution in [2.24, 2.45) is 0 Å². The minimum absolute atomic E-state index is 0.0296. The lowest BCUT2D eigenvalue weighted by atomic mass is 10.1. The van der Waals surface area contributed by atoms with Gasteiger partial charge in [-0.3, -0.25) is 0 Å². The highest BCUT2D eigenvalue weighted by Gasteiger charge is 2.26. The Morgan fingerprint density at radius 3 is 3.00 bits per heavy atom. The van der Waals surface area contributed by atoms with E-state index in [2.05, 4.69) is 15.0 Å². The quantitative estimate of drug-likeness (QED) is 0.664. The van der Waals surface area contributed by atoms with Crippen molar-refractivity contribution >= 4 is 22.7 Å². The van der Waals surface area contributed by atoms with Crippen LogP contribution in [0.25, 0.3) is 22.3 Å². The summed E-state index contributed by atoms with van der Waals surface area (Å²) in [6, 6.07) is 7.56. The van der Waals surface area contributed by atoms with Crippen LogP contribution in [0.2, 0.25) is 0 Å². The van der Waals surface area contributed by atoms with Gasteiger partial charge in [-0.05, 0) is 12.1 Å². The molecule has 4 rings (SSSR count). The number of carboxylic acids is 1. The van der Waals surface area contributed by atoms with Crippen LogP contribution in [0.5, 0.6) is 5.88 Å². The van der Waals surface area contributed by atoms with Crippen molar-refractivity contribution in [1.29, 1.82) is 0 Å². The van der Waals surface area contributed by atoms with E-state index in [0.29, 0.717) is 25.5 Å². The molecule has 2 aromatic heterocycles. The van der Waals surface area contributed by atoms with Crippen molar-refractivity contribution in [3.8, 4) is 17.3 Å². The number of aromatic nitrogens is 3. The molecule has 1 fully saturated rings. The Balaban J connectivity index is 1.84. The van der Waals surface area contributed by atoms with Gasteiger partial charge in [0.1, 0.15) is 11.9 Å². The smallest absolute Gasteiger partial charge is 0.345 e. The van der Waals surface area contributed by atoms with Gasteiger partial charge in [0.05, 0.1) is 13.2 Å². The summed E-state index contributed by atoms with van der Waals surface area (Å²) in [5.41, 5.74) is 7.35. The molecule has 0 bridgehead atoms. The van der Waals surface area contributed by atoms with Gasteiger partial charge in [0.15, 0.2) is 11.4 Å². The van der Waals surface area contributed by atoms with Crippen molar-refractivity contribution in [2.45, 2.75) is 12.5 Å². The molecule has 128 valence electrons. The van der Waals surface area contributed by atoms with E-state index in [9.17, 15) is 9.90 Å². The zero-order valence-corrected chi connectivity index (χ0v) is 13.2. The first-order valence-electron chi connectivity index (χ1n) is 7.85. The van der Waals surface area contributed by atoms with Crippen molar-refractivity contribution < 1.29 is 19.4 Å². The molecule has 8 heteroatoms. The van der Waals surface area contributed by atoms with Crippen LogP contribution in [-0.4, -0.2) is 45.3 Å². The van der Waals surface area contributed by atoms with E-state index in [4.69, 9.17) is 15.2 Å². The predicted octanol–water partition coefficient (Wildman–Crippen LogP) is 2.07. The molecular weight excluding hydrogens is 324 g/mol. The molecule has 3 heterocycles. The highest BCUT2D eigenvalue weighted by molar-refractivity contribution is 5.97. The molecule has 0 saturated carbocycles. The maximum absolute atomic E-state index is 11.6. The maximum Gasteiger partial charge on any atom is 0.345 e. The number of nitrogens with two attached hydrogens (primary N) is 1. The van der Waals surface area contributed by atoms with Crippen molar-refractivity contribution in [2.75, 3.05) is 18.9 Å². The fourth-order valence-electron chi connectivity index (χ4n) is 2.91. The van der Waals surface area contributed by atoms with Gasteiger partial charge >= 0.3 is 5.97 Å². The predicted molar refractivity (Wildman–Crippen MR) is 90.5 cm³/mol. The topological polar surface area (TPSA) is 123 Å². The van der Waals surface area contributed by atoms with Crippen molar-refractivity contribution in [3.63, 3.8) is 0 Å². The SMILES string of the molecule is Nc1nc(-c2cccc3[nH]ccc23)nc(OC2CCOC2)c1C(=O)O. The molecule has 0 aliphatic carbocycles. The number of H-pyrrole nitrogens is 1. The largest absolute Gasteiger partial charge is 0.477 e. The van der Waals surface area contributed by atoms with Crippen LogP contribution < -0.4 is 10.5 Å². The summed E-state index contributed by atoms with van der Waals surface area (Å²) < 4.78 is 11.0. The molecule has 1 saturated heterocycles. The number of hydrogen-bond donors (Lipinski definition) is 3. The zero-order chi connectivity index (χ0) is 17.4.